The molecular weight excluding hydrogens is 354 g/mol. The van der Waals surface area contributed by atoms with Gasteiger partial charge in [-0.3, -0.25) is 10.1 Å². The zero-order valence-corrected chi connectivity index (χ0v) is 14.3. The van der Waals surface area contributed by atoms with Crippen LogP contribution in [0.2, 0.25) is 0 Å². The van der Waals surface area contributed by atoms with Gasteiger partial charge in [0, 0.05) is 5.56 Å². The molecule has 21 heavy (non-hydrogen) atoms. The number of ether oxygens (including phenoxy) is 1. The number of aromatic nitrogens is 2. The highest BCUT2D eigenvalue weighted by atomic mass is 79.9. The van der Waals surface area contributed by atoms with E-state index in [9.17, 15) is 4.79 Å². The molecule has 0 aliphatic rings. The Bertz CT molecular complexity index is 630. The van der Waals surface area contributed by atoms with Gasteiger partial charge < -0.3 is 4.74 Å². The summed E-state index contributed by atoms with van der Waals surface area (Å²) in [7, 11) is 0. The fourth-order valence-electron chi connectivity index (χ4n) is 1.59. The van der Waals surface area contributed by atoms with E-state index in [-0.39, 0.29) is 5.91 Å². The first-order valence-electron chi connectivity index (χ1n) is 6.70. The van der Waals surface area contributed by atoms with E-state index in [1.54, 1.807) is 18.2 Å². The minimum atomic E-state index is -0.212. The lowest BCUT2D eigenvalue weighted by molar-refractivity contribution is 0.102. The lowest BCUT2D eigenvalue weighted by Crippen LogP contribution is -2.11. The fourth-order valence-corrected chi connectivity index (χ4v) is 2.76. The third kappa shape index (κ3) is 4.25. The van der Waals surface area contributed by atoms with Crippen LogP contribution in [0.25, 0.3) is 0 Å². The average Bonchev–Trinajstić information content (AvgIpc) is 2.93. The standard InChI is InChI=1S/C14H16BrN3O2S/c1-3-7-20-11-6-5-9(8-10(11)15)13(19)16-14-18-17-12(4-2)21-14/h5-6,8H,3-4,7H2,1-2H3,(H,16,18,19). The molecule has 5 nitrogen and oxygen atoms in total. The minimum absolute atomic E-state index is 0.212. The van der Waals surface area contributed by atoms with Crippen LogP contribution in [0.15, 0.2) is 22.7 Å². The van der Waals surface area contributed by atoms with Gasteiger partial charge in [0.05, 0.1) is 11.1 Å². The number of aryl methyl sites for hydroxylation is 1. The summed E-state index contributed by atoms with van der Waals surface area (Å²) in [5.74, 6) is 0.522. The van der Waals surface area contributed by atoms with Crippen molar-refractivity contribution in [3.05, 3.63) is 33.2 Å². The molecule has 1 heterocycles. The van der Waals surface area contributed by atoms with E-state index in [1.165, 1.54) is 11.3 Å². The van der Waals surface area contributed by atoms with Gasteiger partial charge in [-0.15, -0.1) is 10.2 Å². The molecule has 0 spiro atoms. The van der Waals surface area contributed by atoms with Gasteiger partial charge >= 0.3 is 0 Å². The Hall–Kier alpha value is -1.47. The van der Waals surface area contributed by atoms with Gasteiger partial charge in [0.15, 0.2) is 0 Å². The predicted molar refractivity (Wildman–Crippen MR) is 87.2 cm³/mol. The second-order valence-corrected chi connectivity index (χ2v) is 6.22. The van der Waals surface area contributed by atoms with Crippen LogP contribution in [0.4, 0.5) is 5.13 Å². The Balaban J connectivity index is 2.06. The van der Waals surface area contributed by atoms with Crippen LogP contribution in [-0.2, 0) is 6.42 Å². The Labute approximate surface area is 135 Å². The van der Waals surface area contributed by atoms with Gasteiger partial charge in [0.1, 0.15) is 10.8 Å². The van der Waals surface area contributed by atoms with Crippen LogP contribution in [0.3, 0.4) is 0 Å². The van der Waals surface area contributed by atoms with E-state index in [0.717, 1.165) is 28.1 Å². The number of nitrogens with zero attached hydrogens (tertiary/aromatic N) is 2. The van der Waals surface area contributed by atoms with E-state index in [0.29, 0.717) is 17.3 Å². The molecule has 0 fully saturated rings. The Kier molecular flexibility index (Phi) is 5.69. The van der Waals surface area contributed by atoms with Crippen molar-refractivity contribution in [2.75, 3.05) is 11.9 Å². The summed E-state index contributed by atoms with van der Waals surface area (Å²) in [5, 5.41) is 12.1. The summed E-state index contributed by atoms with van der Waals surface area (Å²) < 4.78 is 6.32. The van der Waals surface area contributed by atoms with Crippen LogP contribution < -0.4 is 10.1 Å². The first kappa shape index (κ1) is 15.9. The van der Waals surface area contributed by atoms with Crippen molar-refractivity contribution in [1.82, 2.24) is 10.2 Å². The van der Waals surface area contributed by atoms with Gasteiger partial charge in [-0.25, -0.2) is 0 Å². The van der Waals surface area contributed by atoms with E-state index in [1.807, 2.05) is 13.8 Å². The van der Waals surface area contributed by atoms with Gasteiger partial charge in [-0.2, -0.15) is 0 Å². The van der Waals surface area contributed by atoms with Crippen molar-refractivity contribution in [2.24, 2.45) is 0 Å². The molecule has 0 atom stereocenters. The minimum Gasteiger partial charge on any atom is -0.492 e. The van der Waals surface area contributed by atoms with E-state index >= 15 is 0 Å². The summed E-state index contributed by atoms with van der Waals surface area (Å²) in [4.78, 5) is 12.2. The summed E-state index contributed by atoms with van der Waals surface area (Å²) in [6.45, 7) is 4.69. The van der Waals surface area contributed by atoms with Crippen molar-refractivity contribution >= 4 is 38.3 Å². The lowest BCUT2D eigenvalue weighted by atomic mass is 10.2. The number of amides is 1. The predicted octanol–water partition coefficient (Wildman–Crippen LogP) is 3.90. The lowest BCUT2D eigenvalue weighted by Gasteiger charge is -2.08. The monoisotopic (exact) mass is 369 g/mol. The largest absolute Gasteiger partial charge is 0.492 e. The molecule has 0 aliphatic heterocycles. The van der Waals surface area contributed by atoms with Crippen molar-refractivity contribution in [1.29, 1.82) is 0 Å². The normalized spacial score (nSPS) is 10.4. The first-order valence-corrected chi connectivity index (χ1v) is 8.31. The third-order valence-corrected chi connectivity index (χ3v) is 4.25. The fraction of sp³-hybridized carbons (Fsp3) is 0.357. The molecule has 2 aromatic rings. The molecule has 1 N–H and O–H groups in total. The Morgan fingerprint density at radius 2 is 2.19 bits per heavy atom. The topological polar surface area (TPSA) is 64.1 Å². The number of hydrogen-bond acceptors (Lipinski definition) is 5. The molecule has 112 valence electrons. The number of carbonyl (C=O) groups is 1. The highest BCUT2D eigenvalue weighted by Gasteiger charge is 2.12. The molecule has 1 aromatic carbocycles. The number of benzene rings is 1. The molecule has 0 saturated heterocycles. The second-order valence-electron chi connectivity index (χ2n) is 4.30. The Morgan fingerprint density at radius 3 is 2.81 bits per heavy atom. The van der Waals surface area contributed by atoms with Gasteiger partial charge in [0.2, 0.25) is 5.13 Å². The van der Waals surface area contributed by atoms with Crippen molar-refractivity contribution in [3.63, 3.8) is 0 Å². The molecule has 0 aliphatic carbocycles. The van der Waals surface area contributed by atoms with Gasteiger partial charge in [-0.05, 0) is 47.0 Å². The maximum absolute atomic E-state index is 12.2. The molecule has 1 amide bonds. The van der Waals surface area contributed by atoms with Gasteiger partial charge in [0.25, 0.3) is 5.91 Å². The quantitative estimate of drug-likeness (QED) is 0.838. The smallest absolute Gasteiger partial charge is 0.257 e. The van der Waals surface area contributed by atoms with Crippen LogP contribution in [0.5, 0.6) is 5.75 Å². The maximum atomic E-state index is 12.2. The number of rotatable bonds is 6. The molecule has 7 heteroatoms. The molecule has 1 aromatic heterocycles. The van der Waals surface area contributed by atoms with Crippen LogP contribution in [-0.4, -0.2) is 22.7 Å². The summed E-state index contributed by atoms with van der Waals surface area (Å²) >= 11 is 4.80. The van der Waals surface area contributed by atoms with Crippen molar-refractivity contribution in [2.45, 2.75) is 26.7 Å². The number of anilines is 1. The molecular formula is C14H16BrN3O2S. The summed E-state index contributed by atoms with van der Waals surface area (Å²) in [6.07, 6.45) is 1.74. The van der Waals surface area contributed by atoms with Crippen LogP contribution in [0.1, 0.15) is 35.6 Å². The average molecular weight is 370 g/mol. The molecule has 0 bridgehead atoms. The molecule has 0 unspecified atom stereocenters. The Morgan fingerprint density at radius 1 is 1.38 bits per heavy atom. The van der Waals surface area contributed by atoms with Crippen LogP contribution >= 0.6 is 27.3 Å². The summed E-state index contributed by atoms with van der Waals surface area (Å²) in [6, 6.07) is 5.25. The number of nitrogens with one attached hydrogen (secondary N) is 1. The maximum Gasteiger partial charge on any atom is 0.257 e. The highest BCUT2D eigenvalue weighted by molar-refractivity contribution is 9.10. The van der Waals surface area contributed by atoms with Gasteiger partial charge in [-0.1, -0.05) is 25.2 Å². The molecule has 0 radical (unpaired) electrons. The van der Waals surface area contributed by atoms with Crippen molar-refractivity contribution in [3.8, 4) is 5.75 Å². The number of halogens is 1. The SMILES string of the molecule is CCCOc1ccc(C(=O)Nc2nnc(CC)s2)cc1Br. The number of carbonyl (C=O) groups excluding carboxylic acids is 1. The van der Waals surface area contributed by atoms with E-state index in [4.69, 9.17) is 4.74 Å². The zero-order valence-electron chi connectivity index (χ0n) is 11.9. The summed E-state index contributed by atoms with van der Waals surface area (Å²) in [5.41, 5.74) is 0.541. The first-order chi connectivity index (χ1) is 10.1. The van der Waals surface area contributed by atoms with Crippen molar-refractivity contribution < 1.29 is 9.53 Å². The number of hydrogen-bond donors (Lipinski definition) is 1. The zero-order chi connectivity index (χ0) is 15.2. The molecule has 0 saturated carbocycles. The highest BCUT2D eigenvalue weighted by Crippen LogP contribution is 2.26. The van der Waals surface area contributed by atoms with E-state index < -0.39 is 0 Å². The third-order valence-electron chi connectivity index (χ3n) is 2.65. The van der Waals surface area contributed by atoms with Crippen LogP contribution in [0, 0.1) is 0 Å². The van der Waals surface area contributed by atoms with E-state index in [2.05, 4.69) is 31.4 Å². The second kappa shape index (κ2) is 7.51. The molecule has 2 rings (SSSR count).